The van der Waals surface area contributed by atoms with Gasteiger partial charge in [-0.15, -0.1) is 0 Å². The van der Waals surface area contributed by atoms with Gasteiger partial charge in [0, 0.05) is 6.08 Å². The van der Waals surface area contributed by atoms with Crippen LogP contribution in [-0.2, 0) is 9.59 Å². The molecule has 0 aromatic heterocycles. The van der Waals surface area contributed by atoms with Gasteiger partial charge in [-0.25, -0.2) is 4.79 Å². The molecule has 0 unspecified atom stereocenters. The molecule has 6 nitrogen and oxygen atoms in total. The molecule has 1 aromatic carbocycles. The van der Waals surface area contributed by atoms with E-state index in [1.54, 1.807) is 37.5 Å². The third-order valence-electron chi connectivity index (χ3n) is 2.30. The summed E-state index contributed by atoms with van der Waals surface area (Å²) in [4.78, 5) is 21.7. The minimum Gasteiger partial charge on any atom is -0.497 e. The van der Waals surface area contributed by atoms with Crippen molar-refractivity contribution < 1.29 is 24.5 Å². The van der Waals surface area contributed by atoms with Crippen LogP contribution in [0.5, 0.6) is 5.75 Å². The van der Waals surface area contributed by atoms with Crippen LogP contribution < -0.4 is 10.1 Å². The first-order chi connectivity index (χ1) is 9.02. The van der Waals surface area contributed by atoms with Gasteiger partial charge in [0.15, 0.2) is 6.10 Å². The lowest BCUT2D eigenvalue weighted by Gasteiger charge is -2.05. The van der Waals surface area contributed by atoms with Crippen LogP contribution in [-0.4, -0.2) is 41.8 Å². The Kier molecular flexibility index (Phi) is 5.56. The molecule has 102 valence electrons. The molecule has 0 fully saturated rings. The number of aliphatic hydroxyl groups is 1. The van der Waals surface area contributed by atoms with Gasteiger partial charge in [-0.1, -0.05) is 12.1 Å². The van der Waals surface area contributed by atoms with E-state index < -0.39 is 18.0 Å². The van der Waals surface area contributed by atoms with E-state index in [4.69, 9.17) is 14.9 Å². The van der Waals surface area contributed by atoms with Crippen LogP contribution >= 0.6 is 0 Å². The maximum atomic E-state index is 11.3. The molecular formula is C13H15NO5. The maximum Gasteiger partial charge on any atom is 0.334 e. The molecule has 3 N–H and O–H groups in total. The van der Waals surface area contributed by atoms with Gasteiger partial charge in [0.25, 0.3) is 0 Å². The molecular weight excluding hydrogens is 250 g/mol. The fraction of sp³-hybridized carbons (Fsp3) is 0.231. The Morgan fingerprint density at radius 1 is 1.37 bits per heavy atom. The number of carboxylic acids is 1. The number of amides is 1. The number of methoxy groups -OCH3 is 1. The van der Waals surface area contributed by atoms with E-state index in [0.29, 0.717) is 5.75 Å². The fourth-order valence-electron chi connectivity index (χ4n) is 1.23. The monoisotopic (exact) mass is 265 g/mol. The van der Waals surface area contributed by atoms with E-state index in [2.05, 4.69) is 5.32 Å². The SMILES string of the molecule is COc1ccc(/C=C/C(=O)NC[C@H](O)C(=O)O)cc1. The largest absolute Gasteiger partial charge is 0.497 e. The van der Waals surface area contributed by atoms with Crippen LogP contribution in [0.4, 0.5) is 0 Å². The molecule has 0 aliphatic heterocycles. The molecule has 0 saturated heterocycles. The van der Waals surface area contributed by atoms with Crippen molar-refractivity contribution in [2.24, 2.45) is 0 Å². The molecule has 0 aliphatic rings. The Labute approximate surface area is 110 Å². The van der Waals surface area contributed by atoms with Crippen molar-refractivity contribution in [2.45, 2.75) is 6.10 Å². The minimum atomic E-state index is -1.60. The van der Waals surface area contributed by atoms with Crippen molar-refractivity contribution in [2.75, 3.05) is 13.7 Å². The Morgan fingerprint density at radius 3 is 2.53 bits per heavy atom. The molecule has 1 amide bonds. The number of hydrogen-bond acceptors (Lipinski definition) is 4. The van der Waals surface area contributed by atoms with Crippen molar-refractivity contribution in [1.82, 2.24) is 5.32 Å². The highest BCUT2D eigenvalue weighted by Gasteiger charge is 2.12. The first-order valence-electron chi connectivity index (χ1n) is 5.53. The van der Waals surface area contributed by atoms with Gasteiger partial charge in [-0.3, -0.25) is 4.79 Å². The summed E-state index contributed by atoms with van der Waals surface area (Å²) < 4.78 is 5.00. The van der Waals surface area contributed by atoms with Crippen molar-refractivity contribution in [1.29, 1.82) is 0 Å². The zero-order valence-electron chi connectivity index (χ0n) is 10.4. The molecule has 0 heterocycles. The second kappa shape index (κ2) is 7.17. The molecule has 0 aliphatic carbocycles. The first-order valence-corrected chi connectivity index (χ1v) is 5.53. The summed E-state index contributed by atoms with van der Waals surface area (Å²) in [5.41, 5.74) is 0.801. The normalized spacial score (nSPS) is 12.1. The van der Waals surface area contributed by atoms with Gasteiger partial charge in [0.1, 0.15) is 5.75 Å². The molecule has 19 heavy (non-hydrogen) atoms. The number of carbonyl (C=O) groups excluding carboxylic acids is 1. The summed E-state index contributed by atoms with van der Waals surface area (Å²) in [5.74, 6) is -1.14. The summed E-state index contributed by atoms with van der Waals surface area (Å²) in [6.07, 6.45) is 1.23. The highest BCUT2D eigenvalue weighted by molar-refractivity contribution is 5.92. The molecule has 1 rings (SSSR count). The number of benzene rings is 1. The van der Waals surface area contributed by atoms with E-state index >= 15 is 0 Å². The number of nitrogens with one attached hydrogen (secondary N) is 1. The van der Waals surface area contributed by atoms with E-state index in [-0.39, 0.29) is 6.54 Å². The van der Waals surface area contributed by atoms with Gasteiger partial charge in [-0.2, -0.15) is 0 Å². The van der Waals surface area contributed by atoms with Crippen molar-refractivity contribution in [3.05, 3.63) is 35.9 Å². The predicted molar refractivity (Wildman–Crippen MR) is 68.7 cm³/mol. The fourth-order valence-corrected chi connectivity index (χ4v) is 1.23. The average Bonchev–Trinajstić information content (AvgIpc) is 2.42. The second-order valence-electron chi connectivity index (χ2n) is 3.71. The van der Waals surface area contributed by atoms with Gasteiger partial charge >= 0.3 is 5.97 Å². The van der Waals surface area contributed by atoms with Crippen LogP contribution in [0.3, 0.4) is 0 Å². The second-order valence-corrected chi connectivity index (χ2v) is 3.71. The van der Waals surface area contributed by atoms with Crippen molar-refractivity contribution >= 4 is 18.0 Å². The molecule has 0 radical (unpaired) electrons. The van der Waals surface area contributed by atoms with Gasteiger partial charge in [-0.05, 0) is 23.8 Å². The average molecular weight is 265 g/mol. The maximum absolute atomic E-state index is 11.3. The summed E-state index contributed by atoms with van der Waals surface area (Å²) in [6.45, 7) is -0.332. The third kappa shape index (κ3) is 5.22. The Hall–Kier alpha value is -2.34. The first kappa shape index (κ1) is 14.7. The Balaban J connectivity index is 2.46. The lowest BCUT2D eigenvalue weighted by molar-refractivity contribution is -0.146. The number of aliphatic carboxylic acids is 1. The number of carboxylic acid groups (broad SMARTS) is 1. The van der Waals surface area contributed by atoms with Crippen LogP contribution in [0.25, 0.3) is 6.08 Å². The van der Waals surface area contributed by atoms with E-state index in [1.807, 2.05) is 0 Å². The van der Waals surface area contributed by atoms with Crippen molar-refractivity contribution in [3.8, 4) is 5.75 Å². The molecule has 1 atom stereocenters. The topological polar surface area (TPSA) is 95.9 Å². The summed E-state index contributed by atoms with van der Waals surface area (Å²) in [7, 11) is 1.56. The van der Waals surface area contributed by atoms with Crippen molar-refractivity contribution in [3.63, 3.8) is 0 Å². The number of carbonyl (C=O) groups is 2. The summed E-state index contributed by atoms with van der Waals surface area (Å²) in [5, 5.41) is 19.7. The number of hydrogen-bond donors (Lipinski definition) is 3. The molecule has 0 saturated carbocycles. The summed E-state index contributed by atoms with van der Waals surface area (Å²) in [6, 6.07) is 7.06. The number of ether oxygens (including phenoxy) is 1. The predicted octanol–water partition coefficient (Wildman–Crippen LogP) is 0.270. The highest BCUT2D eigenvalue weighted by atomic mass is 16.5. The number of aliphatic hydroxyl groups excluding tert-OH is 1. The van der Waals surface area contributed by atoms with E-state index in [0.717, 1.165) is 5.56 Å². The Bertz CT molecular complexity index is 466. The molecule has 0 bridgehead atoms. The molecule has 6 heteroatoms. The van der Waals surface area contributed by atoms with Gasteiger partial charge < -0.3 is 20.3 Å². The van der Waals surface area contributed by atoms with Crippen LogP contribution in [0.1, 0.15) is 5.56 Å². The molecule has 0 spiro atoms. The van der Waals surface area contributed by atoms with Crippen LogP contribution in [0.15, 0.2) is 30.3 Å². The van der Waals surface area contributed by atoms with E-state index in [1.165, 1.54) is 6.08 Å². The van der Waals surface area contributed by atoms with Crippen LogP contribution in [0, 0.1) is 0 Å². The molecule has 1 aromatic rings. The lowest BCUT2D eigenvalue weighted by Crippen LogP contribution is -2.35. The highest BCUT2D eigenvalue weighted by Crippen LogP contribution is 2.12. The van der Waals surface area contributed by atoms with Crippen LogP contribution in [0.2, 0.25) is 0 Å². The lowest BCUT2D eigenvalue weighted by atomic mass is 10.2. The number of rotatable bonds is 6. The van der Waals surface area contributed by atoms with Gasteiger partial charge in [0.2, 0.25) is 5.91 Å². The standard InChI is InChI=1S/C13H15NO5/c1-19-10-5-2-9(3-6-10)4-7-12(16)14-8-11(15)13(17)18/h2-7,11,15H,8H2,1H3,(H,14,16)(H,17,18)/b7-4+/t11-/m0/s1. The zero-order valence-corrected chi connectivity index (χ0v) is 10.4. The Morgan fingerprint density at radius 2 is 2.00 bits per heavy atom. The quantitative estimate of drug-likeness (QED) is 0.642. The third-order valence-corrected chi connectivity index (χ3v) is 2.30. The van der Waals surface area contributed by atoms with E-state index in [9.17, 15) is 9.59 Å². The smallest absolute Gasteiger partial charge is 0.334 e. The minimum absolute atomic E-state index is 0.332. The summed E-state index contributed by atoms with van der Waals surface area (Å²) >= 11 is 0. The zero-order chi connectivity index (χ0) is 14.3. The van der Waals surface area contributed by atoms with Gasteiger partial charge in [0.05, 0.1) is 13.7 Å².